The minimum atomic E-state index is -0.606. The second kappa shape index (κ2) is 7.14. The van der Waals surface area contributed by atoms with Gasteiger partial charge in [-0.05, 0) is 18.2 Å². The van der Waals surface area contributed by atoms with Crippen molar-refractivity contribution >= 4 is 39.3 Å². The summed E-state index contributed by atoms with van der Waals surface area (Å²) >= 11 is 3.30. The number of hydrogen-bond acceptors (Lipinski definition) is 7. The van der Waals surface area contributed by atoms with Gasteiger partial charge in [-0.3, -0.25) is 14.3 Å². The zero-order valence-corrected chi connectivity index (χ0v) is 15.2. The van der Waals surface area contributed by atoms with Crippen LogP contribution in [0.25, 0.3) is 11.2 Å². The lowest BCUT2D eigenvalue weighted by atomic mass is 10.2. The van der Waals surface area contributed by atoms with Gasteiger partial charge in [-0.15, -0.1) is 0 Å². The summed E-state index contributed by atoms with van der Waals surface area (Å²) < 4.78 is 3.39. The van der Waals surface area contributed by atoms with Gasteiger partial charge < -0.3 is 14.8 Å². The molecule has 4 N–H and O–H groups in total. The lowest BCUT2D eigenvalue weighted by Crippen LogP contribution is -2.29. The number of rotatable bonds is 5. The van der Waals surface area contributed by atoms with Gasteiger partial charge in [0.25, 0.3) is 5.56 Å². The van der Waals surface area contributed by atoms with Crippen LogP contribution in [0.1, 0.15) is 5.56 Å². The van der Waals surface area contributed by atoms with Crippen molar-refractivity contribution in [3.63, 3.8) is 0 Å². The number of aryl methyl sites for hydroxylation is 1. The molecule has 2 heterocycles. The highest BCUT2D eigenvalue weighted by atomic mass is 79.9. The summed E-state index contributed by atoms with van der Waals surface area (Å²) in [5.41, 5.74) is 2.24. The number of nitrogens with one attached hydrogen (secondary N) is 2. The first kappa shape index (κ1) is 17.9. The molecule has 0 atom stereocenters. The second-order valence-corrected chi connectivity index (χ2v) is 6.29. The number of hydrogen-bond donors (Lipinski definition) is 4. The number of phenolic OH excluding ortho intramolecular Hbond substituents is 1. The summed E-state index contributed by atoms with van der Waals surface area (Å²) in [5.74, 6) is 0.216. The van der Waals surface area contributed by atoms with Crippen LogP contribution in [0.3, 0.4) is 0 Å². The van der Waals surface area contributed by atoms with Crippen molar-refractivity contribution in [1.29, 1.82) is 0 Å². The molecule has 3 rings (SSSR count). The predicted molar refractivity (Wildman–Crippen MR) is 99.7 cm³/mol. The number of nitrogens with zero attached hydrogens (tertiary/aromatic N) is 4. The fourth-order valence-corrected chi connectivity index (χ4v) is 2.80. The van der Waals surface area contributed by atoms with E-state index in [1.807, 2.05) is 0 Å². The number of fused-ring (bicyclic) bond motifs is 1. The largest absolute Gasteiger partial charge is 0.507 e. The molecule has 11 heteroatoms. The number of imidazole rings is 1. The summed E-state index contributed by atoms with van der Waals surface area (Å²) in [4.78, 5) is 30.3. The second-order valence-electron chi connectivity index (χ2n) is 5.37. The number of hydrazone groups is 1. The monoisotopic (exact) mass is 422 g/mol. The number of halogens is 1. The number of aliphatic hydroxyl groups excluding tert-OH is 1. The third-order valence-corrected chi connectivity index (χ3v) is 4.18. The molecule has 0 saturated heterocycles. The van der Waals surface area contributed by atoms with E-state index in [-0.39, 0.29) is 36.0 Å². The first-order valence-corrected chi connectivity index (χ1v) is 8.29. The van der Waals surface area contributed by atoms with E-state index in [2.05, 4.69) is 36.4 Å². The zero-order chi connectivity index (χ0) is 18.8. The third-order valence-electron chi connectivity index (χ3n) is 3.69. The Balaban J connectivity index is 2.03. The van der Waals surface area contributed by atoms with Crippen LogP contribution in [-0.4, -0.2) is 42.1 Å². The van der Waals surface area contributed by atoms with Gasteiger partial charge in [-0.1, -0.05) is 15.9 Å². The van der Waals surface area contributed by atoms with E-state index in [9.17, 15) is 19.8 Å². The zero-order valence-electron chi connectivity index (χ0n) is 13.6. The molecule has 2 aromatic heterocycles. The Morgan fingerprint density at radius 2 is 2.19 bits per heavy atom. The molecule has 0 fully saturated rings. The minimum absolute atomic E-state index is 0.0430. The van der Waals surface area contributed by atoms with Crippen LogP contribution in [0.5, 0.6) is 5.75 Å². The van der Waals surface area contributed by atoms with Crippen molar-refractivity contribution in [3.05, 3.63) is 49.1 Å². The Morgan fingerprint density at radius 3 is 2.92 bits per heavy atom. The Kier molecular flexibility index (Phi) is 4.91. The van der Waals surface area contributed by atoms with Crippen molar-refractivity contribution in [2.75, 3.05) is 12.0 Å². The Morgan fingerprint density at radius 1 is 1.42 bits per heavy atom. The van der Waals surface area contributed by atoms with E-state index in [0.29, 0.717) is 5.56 Å². The maximum Gasteiger partial charge on any atom is 0.329 e. The minimum Gasteiger partial charge on any atom is -0.507 e. The van der Waals surface area contributed by atoms with Gasteiger partial charge in [0, 0.05) is 23.6 Å². The molecule has 0 aliphatic rings. The van der Waals surface area contributed by atoms with Crippen molar-refractivity contribution in [3.8, 4) is 5.75 Å². The third kappa shape index (κ3) is 3.26. The fourth-order valence-electron chi connectivity index (χ4n) is 2.43. The number of aromatic nitrogens is 4. The van der Waals surface area contributed by atoms with Crippen LogP contribution in [0.2, 0.25) is 0 Å². The van der Waals surface area contributed by atoms with Gasteiger partial charge in [0.15, 0.2) is 11.2 Å². The van der Waals surface area contributed by atoms with E-state index >= 15 is 0 Å². The van der Waals surface area contributed by atoms with Gasteiger partial charge in [0.1, 0.15) is 5.75 Å². The molecule has 10 nitrogen and oxygen atoms in total. The molecule has 26 heavy (non-hydrogen) atoms. The maximum absolute atomic E-state index is 12.1. The molecule has 0 saturated carbocycles. The number of aromatic amines is 1. The average Bonchev–Trinajstić information content (AvgIpc) is 2.95. The van der Waals surface area contributed by atoms with Crippen LogP contribution < -0.4 is 16.7 Å². The molecule has 0 aliphatic carbocycles. The first-order valence-electron chi connectivity index (χ1n) is 7.50. The Labute approximate surface area is 154 Å². The van der Waals surface area contributed by atoms with Crippen LogP contribution in [0, 0.1) is 0 Å². The molecule has 0 amide bonds. The molecule has 0 unspecified atom stereocenters. The summed E-state index contributed by atoms with van der Waals surface area (Å²) in [7, 11) is 1.48. The average molecular weight is 423 g/mol. The van der Waals surface area contributed by atoms with Crippen LogP contribution >= 0.6 is 15.9 Å². The molecule has 3 aromatic rings. The molecule has 0 radical (unpaired) electrons. The SMILES string of the molecule is Cn1c(=O)[nH]c(=O)c2c1nc(N/N=C\c1cc(Br)ccc1O)n2CCO. The fraction of sp³-hybridized carbons (Fsp3) is 0.200. The molecule has 0 aliphatic heterocycles. The van der Waals surface area contributed by atoms with Crippen molar-refractivity contribution in [2.24, 2.45) is 12.1 Å². The van der Waals surface area contributed by atoms with Gasteiger partial charge in [-0.25, -0.2) is 10.2 Å². The van der Waals surface area contributed by atoms with E-state index < -0.39 is 11.2 Å². The number of phenols is 1. The molecule has 0 bridgehead atoms. The normalized spacial score (nSPS) is 11.5. The topological polar surface area (TPSA) is 138 Å². The Hall–Kier alpha value is -2.92. The number of anilines is 1. The number of aromatic hydroxyl groups is 1. The molecular formula is C15H15BrN6O4. The van der Waals surface area contributed by atoms with Gasteiger partial charge >= 0.3 is 5.69 Å². The van der Waals surface area contributed by atoms with E-state index in [1.54, 1.807) is 12.1 Å². The maximum atomic E-state index is 12.1. The quantitative estimate of drug-likeness (QED) is 0.345. The van der Waals surface area contributed by atoms with Gasteiger partial charge in [-0.2, -0.15) is 10.1 Å². The summed E-state index contributed by atoms with van der Waals surface area (Å²) in [6.45, 7) is -0.156. The van der Waals surface area contributed by atoms with E-state index in [0.717, 1.165) is 4.47 Å². The standard InChI is InChI=1S/C15H15BrN6O4/c1-21-12-11(13(25)19-15(21)26)22(4-5-23)14(18-12)20-17-7-8-6-9(16)2-3-10(8)24/h2-3,6-7,23-24H,4-5H2,1H3,(H,18,20)(H,19,25,26)/b17-7-. The molecule has 136 valence electrons. The van der Waals surface area contributed by atoms with Crippen LogP contribution in [-0.2, 0) is 13.6 Å². The smallest absolute Gasteiger partial charge is 0.329 e. The summed E-state index contributed by atoms with van der Waals surface area (Å²) in [6.07, 6.45) is 1.38. The number of benzene rings is 1. The number of H-pyrrole nitrogens is 1. The highest BCUT2D eigenvalue weighted by molar-refractivity contribution is 9.10. The molecular weight excluding hydrogens is 408 g/mol. The van der Waals surface area contributed by atoms with E-state index in [4.69, 9.17) is 0 Å². The number of aliphatic hydroxyl groups is 1. The van der Waals surface area contributed by atoms with Crippen molar-refractivity contribution in [2.45, 2.75) is 6.54 Å². The highest BCUT2D eigenvalue weighted by Crippen LogP contribution is 2.20. The van der Waals surface area contributed by atoms with Crippen LogP contribution in [0.15, 0.2) is 37.4 Å². The summed E-state index contributed by atoms with van der Waals surface area (Å²) in [6, 6.07) is 4.88. The summed E-state index contributed by atoms with van der Waals surface area (Å²) in [5, 5.41) is 23.1. The predicted octanol–water partition coefficient (Wildman–Crippen LogP) is 0.330. The Bertz CT molecular complexity index is 1110. The highest BCUT2D eigenvalue weighted by Gasteiger charge is 2.16. The van der Waals surface area contributed by atoms with Gasteiger partial charge in [0.2, 0.25) is 5.95 Å². The lowest BCUT2D eigenvalue weighted by molar-refractivity contribution is 0.278. The lowest BCUT2D eigenvalue weighted by Gasteiger charge is -2.05. The van der Waals surface area contributed by atoms with Crippen LogP contribution in [0.4, 0.5) is 5.95 Å². The first-order chi connectivity index (χ1) is 12.4. The molecule has 0 spiro atoms. The molecule has 1 aromatic carbocycles. The van der Waals surface area contributed by atoms with E-state index in [1.165, 1.54) is 28.5 Å². The van der Waals surface area contributed by atoms with Crippen molar-refractivity contribution in [1.82, 2.24) is 19.1 Å². The van der Waals surface area contributed by atoms with Crippen molar-refractivity contribution < 1.29 is 10.2 Å². The van der Waals surface area contributed by atoms with Gasteiger partial charge in [0.05, 0.1) is 12.8 Å².